The first-order valence-corrected chi connectivity index (χ1v) is 8.57. The summed E-state index contributed by atoms with van der Waals surface area (Å²) in [6.45, 7) is 2.78. The van der Waals surface area contributed by atoms with Crippen molar-refractivity contribution in [3.63, 3.8) is 0 Å². The van der Waals surface area contributed by atoms with Gasteiger partial charge in [0.1, 0.15) is 0 Å². The molecule has 0 aromatic carbocycles. The van der Waals surface area contributed by atoms with Crippen LogP contribution in [0.5, 0.6) is 0 Å². The zero-order chi connectivity index (χ0) is 13.0. The van der Waals surface area contributed by atoms with Crippen LogP contribution in [-0.2, 0) is 20.0 Å². The number of hydrogen-bond acceptors (Lipinski definition) is 4. The predicted octanol–water partition coefficient (Wildman–Crippen LogP) is 0.136. The molecule has 6 nitrogen and oxygen atoms in total. The van der Waals surface area contributed by atoms with Crippen molar-refractivity contribution in [2.75, 3.05) is 39.7 Å². The third kappa shape index (κ3) is 10.3. The maximum absolute atomic E-state index is 10.1. The summed E-state index contributed by atoms with van der Waals surface area (Å²) in [6, 6.07) is 0. The van der Waals surface area contributed by atoms with Crippen LogP contribution in [0.25, 0.3) is 4.13 Å². The lowest BCUT2D eigenvalue weighted by Crippen LogP contribution is -2.35. The Kier molecular flexibility index (Phi) is 5.37. The zero-order valence-corrected chi connectivity index (χ0v) is 11.8. The van der Waals surface area contributed by atoms with Gasteiger partial charge in [0.05, 0.1) is 47.2 Å². The molecule has 0 unspecified atom stereocenters. The molecule has 1 heterocycles. The van der Waals surface area contributed by atoms with Gasteiger partial charge >= 0.3 is 0 Å². The fourth-order valence-corrected chi connectivity index (χ4v) is 3.40. The van der Waals surface area contributed by atoms with Crippen molar-refractivity contribution in [2.24, 2.45) is 0 Å². The summed E-state index contributed by atoms with van der Waals surface area (Å²) in [5.74, 6) is 0. The minimum Gasteiger partial charge on any atom is -0.437 e. The van der Waals surface area contributed by atoms with E-state index in [9.17, 15) is 16.8 Å². The SMILES string of the molecule is CS(=O)(=O)[N-]S(C)(=O)=O.C[N+]1(C)CCCC1. The Bertz CT molecular complexity index is 373. The molecular weight excluding hydrogens is 252 g/mol. The second kappa shape index (κ2) is 5.44. The van der Waals surface area contributed by atoms with Crippen LogP contribution in [0, 0.1) is 0 Å². The molecule has 0 spiro atoms. The molecule has 0 saturated carbocycles. The van der Waals surface area contributed by atoms with Crippen molar-refractivity contribution in [1.29, 1.82) is 0 Å². The zero-order valence-electron chi connectivity index (χ0n) is 10.2. The van der Waals surface area contributed by atoms with E-state index in [0.717, 1.165) is 0 Å². The van der Waals surface area contributed by atoms with Gasteiger partial charge in [-0.3, -0.25) is 0 Å². The Balaban J connectivity index is 0.000000288. The highest BCUT2D eigenvalue weighted by atomic mass is 32.3. The molecule has 1 saturated heterocycles. The van der Waals surface area contributed by atoms with E-state index < -0.39 is 20.0 Å². The van der Waals surface area contributed by atoms with E-state index in [0.29, 0.717) is 12.5 Å². The van der Waals surface area contributed by atoms with E-state index in [1.54, 1.807) is 0 Å². The molecule has 98 valence electrons. The van der Waals surface area contributed by atoms with Gasteiger partial charge in [-0.1, -0.05) is 0 Å². The summed E-state index contributed by atoms with van der Waals surface area (Å²) in [6.07, 6.45) is 4.31. The van der Waals surface area contributed by atoms with E-state index >= 15 is 0 Å². The van der Waals surface area contributed by atoms with Gasteiger partial charge in [0.25, 0.3) is 0 Å². The van der Waals surface area contributed by atoms with Crippen LogP contribution in [0.4, 0.5) is 0 Å². The Morgan fingerprint density at radius 1 is 0.875 bits per heavy atom. The Hall–Kier alpha value is -0.180. The largest absolute Gasteiger partial charge is 0.437 e. The van der Waals surface area contributed by atoms with Crippen LogP contribution >= 0.6 is 0 Å². The fourth-order valence-electron chi connectivity index (χ4n) is 1.44. The highest BCUT2D eigenvalue weighted by Crippen LogP contribution is 2.11. The second-order valence-corrected chi connectivity index (χ2v) is 8.16. The third-order valence-electron chi connectivity index (χ3n) is 2.05. The molecule has 0 N–H and O–H groups in total. The highest BCUT2D eigenvalue weighted by molar-refractivity contribution is 8.11. The van der Waals surface area contributed by atoms with Crippen LogP contribution in [0.2, 0.25) is 0 Å². The second-order valence-electron chi connectivity index (χ2n) is 4.63. The lowest BCUT2D eigenvalue weighted by molar-refractivity contribution is -0.877. The quantitative estimate of drug-likeness (QED) is 0.669. The monoisotopic (exact) mass is 272 g/mol. The summed E-state index contributed by atoms with van der Waals surface area (Å²) >= 11 is 0. The topological polar surface area (TPSA) is 82.4 Å². The van der Waals surface area contributed by atoms with E-state index in [-0.39, 0.29) is 0 Å². The summed E-state index contributed by atoms with van der Waals surface area (Å²) < 4.78 is 44.1. The molecule has 0 aromatic heterocycles. The Labute approximate surface area is 98.3 Å². The third-order valence-corrected chi connectivity index (χ3v) is 4.21. The van der Waals surface area contributed by atoms with Crippen molar-refractivity contribution >= 4 is 20.0 Å². The molecule has 1 rings (SSSR count). The fraction of sp³-hybridized carbons (Fsp3) is 1.00. The Morgan fingerprint density at radius 2 is 1.19 bits per heavy atom. The number of sulfonamides is 2. The van der Waals surface area contributed by atoms with Gasteiger partial charge in [-0.15, -0.1) is 0 Å². The molecule has 8 heteroatoms. The van der Waals surface area contributed by atoms with Crippen molar-refractivity contribution in [2.45, 2.75) is 12.8 Å². The molecular formula is C8H20N2O4S2. The molecule has 16 heavy (non-hydrogen) atoms. The van der Waals surface area contributed by atoms with Crippen LogP contribution in [0.1, 0.15) is 12.8 Å². The first-order valence-electron chi connectivity index (χ1n) is 4.88. The molecule has 0 aromatic rings. The molecule has 0 radical (unpaired) electrons. The van der Waals surface area contributed by atoms with Crippen molar-refractivity contribution < 1.29 is 21.3 Å². The summed E-state index contributed by atoms with van der Waals surface area (Å²) in [5, 5.41) is 0. The Morgan fingerprint density at radius 3 is 1.25 bits per heavy atom. The van der Waals surface area contributed by atoms with Gasteiger partial charge in [0, 0.05) is 25.4 Å². The average molecular weight is 272 g/mol. The van der Waals surface area contributed by atoms with Crippen LogP contribution in [0.15, 0.2) is 0 Å². The average Bonchev–Trinajstić information content (AvgIpc) is 2.26. The maximum atomic E-state index is 10.1. The lowest BCUT2D eigenvalue weighted by Gasteiger charge is -2.21. The van der Waals surface area contributed by atoms with E-state index in [4.69, 9.17) is 0 Å². The normalized spacial score (nSPS) is 20.0. The minimum absolute atomic E-state index is 0.716. The van der Waals surface area contributed by atoms with Gasteiger partial charge in [0.15, 0.2) is 0 Å². The number of rotatable bonds is 2. The van der Waals surface area contributed by atoms with Gasteiger partial charge in [0.2, 0.25) is 0 Å². The van der Waals surface area contributed by atoms with Gasteiger partial charge in [-0.25, -0.2) is 16.8 Å². The maximum Gasteiger partial charge on any atom is 0.0801 e. The number of nitrogens with zero attached hydrogens (tertiary/aromatic N) is 2. The summed E-state index contributed by atoms with van der Waals surface area (Å²) in [4.78, 5) is 0. The molecule has 0 aliphatic carbocycles. The van der Waals surface area contributed by atoms with Crippen LogP contribution in [0.3, 0.4) is 0 Å². The van der Waals surface area contributed by atoms with Crippen molar-refractivity contribution in [3.05, 3.63) is 4.13 Å². The van der Waals surface area contributed by atoms with E-state index in [1.165, 1.54) is 30.4 Å². The van der Waals surface area contributed by atoms with Crippen LogP contribution < -0.4 is 0 Å². The van der Waals surface area contributed by atoms with E-state index in [1.807, 2.05) is 0 Å². The molecule has 1 aliphatic heterocycles. The summed E-state index contributed by atoms with van der Waals surface area (Å²) in [5.41, 5.74) is 0. The molecule has 0 atom stereocenters. The predicted molar refractivity (Wildman–Crippen MR) is 64.1 cm³/mol. The smallest absolute Gasteiger partial charge is 0.0801 e. The first-order chi connectivity index (χ1) is 6.91. The number of likely N-dealkylation sites (tertiary alicyclic amines) is 1. The molecule has 1 aliphatic rings. The lowest BCUT2D eigenvalue weighted by atomic mass is 10.4. The standard InChI is InChI=1S/C6H14N.C2H6NO4S2/c1-7(2)5-3-4-6-7;1-8(4,5)3-9(2,6)7/h3-6H2,1-2H3;1-2H3/q+1;-1. The molecule has 0 bridgehead atoms. The number of quaternary nitrogens is 1. The van der Waals surface area contributed by atoms with Gasteiger partial charge in [-0.05, 0) is 0 Å². The van der Waals surface area contributed by atoms with Gasteiger partial charge in [-0.2, -0.15) is 0 Å². The van der Waals surface area contributed by atoms with E-state index in [2.05, 4.69) is 18.2 Å². The minimum atomic E-state index is -3.74. The van der Waals surface area contributed by atoms with Crippen LogP contribution in [-0.4, -0.2) is 61.0 Å². The highest BCUT2D eigenvalue weighted by Gasteiger charge is 2.19. The van der Waals surface area contributed by atoms with Crippen molar-refractivity contribution in [3.8, 4) is 0 Å². The first kappa shape index (κ1) is 15.8. The summed E-state index contributed by atoms with van der Waals surface area (Å²) in [7, 11) is -2.89. The molecule has 1 fully saturated rings. The van der Waals surface area contributed by atoms with Crippen molar-refractivity contribution in [1.82, 2.24) is 0 Å². The van der Waals surface area contributed by atoms with Gasteiger partial charge < -0.3 is 8.61 Å². The molecule has 0 amide bonds. The number of hydrogen-bond donors (Lipinski definition) is 0.